The maximum atomic E-state index is 11.8. The number of rotatable bonds is 5. The van der Waals surface area contributed by atoms with Crippen LogP contribution in [0.2, 0.25) is 0 Å². The highest BCUT2D eigenvalue weighted by molar-refractivity contribution is 5.99. The Kier molecular flexibility index (Phi) is 5.80. The molecule has 2 aliphatic heterocycles. The van der Waals surface area contributed by atoms with Gasteiger partial charge in [-0.15, -0.1) is 12.4 Å². The van der Waals surface area contributed by atoms with Gasteiger partial charge in [0.25, 0.3) is 0 Å². The minimum atomic E-state index is 0. The van der Waals surface area contributed by atoms with E-state index in [-0.39, 0.29) is 24.2 Å². The van der Waals surface area contributed by atoms with Crippen molar-refractivity contribution in [1.82, 2.24) is 10.6 Å². The number of carbonyl (C=O) groups is 2. The van der Waals surface area contributed by atoms with Crippen LogP contribution in [-0.2, 0) is 22.4 Å². The van der Waals surface area contributed by atoms with Crippen LogP contribution < -0.4 is 16.0 Å². The molecular formula is C16H22ClN3O2. The summed E-state index contributed by atoms with van der Waals surface area (Å²) in [5.74, 6) is 0.202. The van der Waals surface area contributed by atoms with Crippen molar-refractivity contribution in [3.05, 3.63) is 29.3 Å². The smallest absolute Gasteiger partial charge is 0.228 e. The molecule has 1 aromatic rings. The van der Waals surface area contributed by atoms with E-state index in [1.165, 1.54) is 5.56 Å². The third kappa shape index (κ3) is 4.21. The molecule has 120 valence electrons. The number of nitrogens with one attached hydrogen (secondary N) is 3. The Morgan fingerprint density at radius 1 is 1.36 bits per heavy atom. The van der Waals surface area contributed by atoms with Gasteiger partial charge < -0.3 is 16.0 Å². The minimum Gasteiger partial charge on any atom is -0.352 e. The zero-order valence-corrected chi connectivity index (χ0v) is 13.3. The normalized spacial score (nSPS) is 19.3. The number of fused-ring (bicyclic) bond motifs is 1. The number of anilines is 1. The molecule has 0 spiro atoms. The van der Waals surface area contributed by atoms with E-state index in [0.29, 0.717) is 18.9 Å². The van der Waals surface area contributed by atoms with Gasteiger partial charge in [-0.1, -0.05) is 12.1 Å². The van der Waals surface area contributed by atoms with Gasteiger partial charge in [0.1, 0.15) is 0 Å². The minimum absolute atomic E-state index is 0. The first-order valence-electron chi connectivity index (χ1n) is 7.62. The van der Waals surface area contributed by atoms with E-state index >= 15 is 0 Å². The lowest BCUT2D eigenvalue weighted by atomic mass is 10.0. The molecule has 2 amide bonds. The molecule has 1 unspecified atom stereocenters. The van der Waals surface area contributed by atoms with Gasteiger partial charge in [0.15, 0.2) is 0 Å². The molecule has 1 saturated heterocycles. The van der Waals surface area contributed by atoms with Crippen molar-refractivity contribution in [2.45, 2.75) is 38.1 Å². The van der Waals surface area contributed by atoms with Crippen LogP contribution in [0.25, 0.3) is 0 Å². The fraction of sp³-hybridized carbons (Fsp3) is 0.500. The molecule has 5 nitrogen and oxygen atoms in total. The quantitative estimate of drug-likeness (QED) is 0.767. The maximum Gasteiger partial charge on any atom is 0.228 e. The van der Waals surface area contributed by atoms with Crippen molar-refractivity contribution in [3.63, 3.8) is 0 Å². The molecule has 0 aliphatic carbocycles. The van der Waals surface area contributed by atoms with E-state index in [1.807, 2.05) is 12.1 Å². The largest absolute Gasteiger partial charge is 0.352 e. The van der Waals surface area contributed by atoms with Gasteiger partial charge in [-0.25, -0.2) is 0 Å². The second kappa shape index (κ2) is 7.61. The first kappa shape index (κ1) is 16.8. The number of halogens is 1. The fourth-order valence-corrected chi connectivity index (χ4v) is 2.97. The Hall–Kier alpha value is -1.59. The molecular weight excluding hydrogens is 302 g/mol. The van der Waals surface area contributed by atoms with Crippen LogP contribution in [0.3, 0.4) is 0 Å². The second-order valence-corrected chi connectivity index (χ2v) is 5.83. The van der Waals surface area contributed by atoms with E-state index in [9.17, 15) is 9.59 Å². The van der Waals surface area contributed by atoms with Crippen molar-refractivity contribution in [2.75, 3.05) is 18.4 Å². The average molecular weight is 324 g/mol. The topological polar surface area (TPSA) is 70.2 Å². The van der Waals surface area contributed by atoms with Gasteiger partial charge in [0.05, 0.1) is 6.42 Å². The number of amides is 2. The van der Waals surface area contributed by atoms with Crippen LogP contribution in [-0.4, -0.2) is 30.9 Å². The van der Waals surface area contributed by atoms with Crippen molar-refractivity contribution in [1.29, 1.82) is 0 Å². The summed E-state index contributed by atoms with van der Waals surface area (Å²) in [6.45, 7) is 1.88. The number of benzene rings is 1. The summed E-state index contributed by atoms with van der Waals surface area (Å²) in [7, 11) is 0. The first-order valence-corrected chi connectivity index (χ1v) is 7.62. The lowest BCUT2D eigenvalue weighted by molar-refractivity contribution is -0.121. The van der Waals surface area contributed by atoms with Crippen LogP contribution in [0.15, 0.2) is 18.2 Å². The number of carbonyl (C=O) groups excluding carboxylic acids is 2. The Morgan fingerprint density at radius 3 is 3.00 bits per heavy atom. The van der Waals surface area contributed by atoms with Crippen LogP contribution in [0, 0.1) is 0 Å². The maximum absolute atomic E-state index is 11.8. The van der Waals surface area contributed by atoms with E-state index in [0.717, 1.165) is 43.6 Å². The predicted octanol–water partition coefficient (Wildman–Crippen LogP) is 1.40. The lowest BCUT2D eigenvalue weighted by Gasteiger charge is -2.11. The Bertz CT molecular complexity index is 556. The van der Waals surface area contributed by atoms with Crippen LogP contribution >= 0.6 is 12.4 Å². The molecule has 0 bridgehead atoms. The standard InChI is InChI=1S/C16H21N3O2.ClH/c20-15(18-13-6-7-17-10-13)3-1-2-11-4-5-14-12(8-11)9-16(21)19-14;/h4-5,8,13,17H,1-3,6-7,9-10H2,(H,18,20)(H,19,21);1H. The van der Waals surface area contributed by atoms with Gasteiger partial charge in [-0.05, 0) is 43.0 Å². The highest BCUT2D eigenvalue weighted by Gasteiger charge is 2.18. The molecule has 0 aromatic heterocycles. The third-order valence-electron chi connectivity index (χ3n) is 4.09. The van der Waals surface area contributed by atoms with Gasteiger partial charge >= 0.3 is 0 Å². The summed E-state index contributed by atoms with van der Waals surface area (Å²) >= 11 is 0. The van der Waals surface area contributed by atoms with Gasteiger partial charge in [-0.3, -0.25) is 9.59 Å². The molecule has 3 rings (SSSR count). The molecule has 22 heavy (non-hydrogen) atoms. The molecule has 1 aromatic carbocycles. The summed E-state index contributed by atoms with van der Waals surface area (Å²) in [5.41, 5.74) is 3.19. The van der Waals surface area contributed by atoms with Gasteiger partial charge in [-0.2, -0.15) is 0 Å². The molecule has 3 N–H and O–H groups in total. The summed E-state index contributed by atoms with van der Waals surface area (Å²) in [4.78, 5) is 23.1. The summed E-state index contributed by atoms with van der Waals surface area (Å²) in [6, 6.07) is 6.37. The number of hydrogen-bond acceptors (Lipinski definition) is 3. The number of hydrogen-bond donors (Lipinski definition) is 3. The van der Waals surface area contributed by atoms with Crippen LogP contribution in [0.1, 0.15) is 30.4 Å². The van der Waals surface area contributed by atoms with Crippen molar-refractivity contribution in [3.8, 4) is 0 Å². The van der Waals surface area contributed by atoms with Gasteiger partial charge in [0.2, 0.25) is 11.8 Å². The van der Waals surface area contributed by atoms with Gasteiger partial charge in [0, 0.05) is 24.7 Å². The Morgan fingerprint density at radius 2 is 2.23 bits per heavy atom. The fourth-order valence-electron chi connectivity index (χ4n) is 2.97. The molecule has 0 saturated carbocycles. The molecule has 2 aliphatic rings. The monoisotopic (exact) mass is 323 g/mol. The summed E-state index contributed by atoms with van der Waals surface area (Å²) in [5, 5.41) is 9.13. The molecule has 1 atom stereocenters. The highest BCUT2D eigenvalue weighted by atomic mass is 35.5. The highest BCUT2D eigenvalue weighted by Crippen LogP contribution is 2.24. The Balaban J connectivity index is 0.00000176. The predicted molar refractivity (Wildman–Crippen MR) is 88.4 cm³/mol. The Labute approximate surface area is 136 Å². The van der Waals surface area contributed by atoms with E-state index < -0.39 is 0 Å². The SMILES string of the molecule is Cl.O=C1Cc2cc(CCCC(=O)NC3CCNC3)ccc2N1. The van der Waals surface area contributed by atoms with Crippen molar-refractivity contribution < 1.29 is 9.59 Å². The third-order valence-corrected chi connectivity index (χ3v) is 4.09. The number of aryl methyl sites for hydroxylation is 1. The molecule has 6 heteroatoms. The van der Waals surface area contributed by atoms with Crippen molar-refractivity contribution in [2.24, 2.45) is 0 Å². The molecule has 1 fully saturated rings. The summed E-state index contributed by atoms with van der Waals surface area (Å²) in [6.07, 6.45) is 3.77. The summed E-state index contributed by atoms with van der Waals surface area (Å²) < 4.78 is 0. The van der Waals surface area contributed by atoms with E-state index in [2.05, 4.69) is 22.0 Å². The van der Waals surface area contributed by atoms with Crippen LogP contribution in [0.4, 0.5) is 5.69 Å². The zero-order chi connectivity index (χ0) is 14.7. The van der Waals surface area contributed by atoms with Crippen LogP contribution in [0.5, 0.6) is 0 Å². The first-order chi connectivity index (χ1) is 10.2. The molecule has 2 heterocycles. The molecule has 0 radical (unpaired) electrons. The average Bonchev–Trinajstić information content (AvgIpc) is 3.06. The lowest BCUT2D eigenvalue weighted by Crippen LogP contribution is -2.36. The second-order valence-electron chi connectivity index (χ2n) is 5.83. The van der Waals surface area contributed by atoms with E-state index in [1.54, 1.807) is 0 Å². The van der Waals surface area contributed by atoms with E-state index in [4.69, 9.17) is 0 Å². The van der Waals surface area contributed by atoms with Crippen molar-refractivity contribution >= 4 is 29.9 Å². The zero-order valence-electron chi connectivity index (χ0n) is 12.5.